The van der Waals surface area contributed by atoms with Crippen LogP contribution >= 0.6 is 27.3 Å². The zero-order chi connectivity index (χ0) is 21.2. The fraction of sp³-hybridized carbons (Fsp3) is 0.458. The number of carbonyl (C=O) groups excluding carboxylic acids is 1. The van der Waals surface area contributed by atoms with Crippen molar-refractivity contribution in [3.63, 3.8) is 0 Å². The van der Waals surface area contributed by atoms with Crippen LogP contribution in [-0.4, -0.2) is 39.9 Å². The second kappa shape index (κ2) is 9.35. The fourth-order valence-electron chi connectivity index (χ4n) is 4.94. The topological polar surface area (TPSA) is 58.1 Å². The molecule has 1 fully saturated rings. The Morgan fingerprint density at radius 2 is 2.06 bits per heavy atom. The molecule has 0 unspecified atom stereocenters. The molecule has 5 nitrogen and oxygen atoms in total. The Morgan fingerprint density at radius 1 is 1.19 bits per heavy atom. The summed E-state index contributed by atoms with van der Waals surface area (Å²) in [6, 6.07) is 9.90. The molecule has 5 rings (SSSR count). The molecule has 1 aliphatic heterocycles. The van der Waals surface area contributed by atoms with E-state index in [9.17, 15) is 4.79 Å². The fourth-order valence-corrected chi connectivity index (χ4v) is 6.52. The molecule has 162 valence electrons. The number of fused-ring (bicyclic) bond motifs is 2. The van der Waals surface area contributed by atoms with E-state index in [0.29, 0.717) is 0 Å². The van der Waals surface area contributed by atoms with Crippen molar-refractivity contribution in [2.75, 3.05) is 13.1 Å². The first-order chi connectivity index (χ1) is 15.2. The zero-order valence-electron chi connectivity index (χ0n) is 17.5. The van der Waals surface area contributed by atoms with Gasteiger partial charge in [0.2, 0.25) is 0 Å². The predicted octanol–water partition coefficient (Wildman–Crippen LogP) is 5.19. The summed E-state index contributed by atoms with van der Waals surface area (Å²) >= 11 is 5.30. The van der Waals surface area contributed by atoms with Gasteiger partial charge in [-0.3, -0.25) is 14.7 Å². The maximum atomic E-state index is 12.9. The minimum atomic E-state index is 0.0283. The van der Waals surface area contributed by atoms with Crippen LogP contribution in [-0.2, 0) is 13.0 Å². The molecule has 0 saturated heterocycles. The third-order valence-electron chi connectivity index (χ3n) is 6.71. The Balaban J connectivity index is 1.10. The zero-order valence-corrected chi connectivity index (χ0v) is 19.9. The lowest BCUT2D eigenvalue weighted by atomic mass is 9.84. The first kappa shape index (κ1) is 21.0. The molecular formula is C24H27BrN4OS. The van der Waals surface area contributed by atoms with E-state index in [-0.39, 0.29) is 11.9 Å². The number of aromatic nitrogens is 2. The molecule has 2 aromatic heterocycles. The number of hydrogen-bond donors (Lipinski definition) is 1. The lowest BCUT2D eigenvalue weighted by Gasteiger charge is -2.32. The lowest BCUT2D eigenvalue weighted by Crippen LogP contribution is -2.38. The van der Waals surface area contributed by atoms with Gasteiger partial charge in [-0.1, -0.05) is 12.1 Å². The van der Waals surface area contributed by atoms with E-state index in [2.05, 4.69) is 36.1 Å². The van der Waals surface area contributed by atoms with Crippen molar-refractivity contribution in [1.82, 2.24) is 20.2 Å². The molecule has 1 amide bonds. The van der Waals surface area contributed by atoms with Crippen LogP contribution in [0.5, 0.6) is 0 Å². The molecular weight excluding hydrogens is 472 g/mol. The molecule has 1 saturated carbocycles. The smallest absolute Gasteiger partial charge is 0.252 e. The third-order valence-corrected chi connectivity index (χ3v) is 8.32. The van der Waals surface area contributed by atoms with E-state index in [1.54, 1.807) is 17.5 Å². The van der Waals surface area contributed by atoms with Crippen molar-refractivity contribution >= 4 is 44.1 Å². The SMILES string of the molecule is O=C(N[C@H]1CC[C@H](CCN2CCc3sc(Br)nc3C2)CC1)c1cccc2ncccc12. The van der Waals surface area contributed by atoms with Crippen LogP contribution in [0.25, 0.3) is 10.9 Å². The average Bonchev–Trinajstić information content (AvgIpc) is 3.17. The molecule has 3 aromatic rings. The second-order valence-electron chi connectivity index (χ2n) is 8.72. The molecule has 1 aliphatic carbocycles. The van der Waals surface area contributed by atoms with Gasteiger partial charge >= 0.3 is 0 Å². The Bertz CT molecular complexity index is 1070. The molecule has 0 radical (unpaired) electrons. The summed E-state index contributed by atoms with van der Waals surface area (Å²) in [6.45, 7) is 3.29. The molecule has 3 heterocycles. The normalized spacial score (nSPS) is 21.7. The highest BCUT2D eigenvalue weighted by atomic mass is 79.9. The Kier molecular flexibility index (Phi) is 6.34. The first-order valence-electron chi connectivity index (χ1n) is 11.2. The average molecular weight is 499 g/mol. The summed E-state index contributed by atoms with van der Waals surface area (Å²) in [5.41, 5.74) is 2.86. The van der Waals surface area contributed by atoms with Gasteiger partial charge in [-0.15, -0.1) is 11.3 Å². The summed E-state index contributed by atoms with van der Waals surface area (Å²) in [4.78, 5) is 25.9. The van der Waals surface area contributed by atoms with Gasteiger partial charge in [0.05, 0.1) is 11.2 Å². The first-order valence-corrected chi connectivity index (χ1v) is 12.8. The molecule has 0 atom stereocenters. The summed E-state index contributed by atoms with van der Waals surface area (Å²) in [6.07, 6.45) is 8.68. The number of benzene rings is 1. The number of halogens is 1. The van der Waals surface area contributed by atoms with Gasteiger partial charge in [0.25, 0.3) is 5.91 Å². The van der Waals surface area contributed by atoms with Crippen LogP contribution in [0.3, 0.4) is 0 Å². The van der Waals surface area contributed by atoms with Crippen molar-refractivity contribution in [1.29, 1.82) is 0 Å². The van der Waals surface area contributed by atoms with E-state index >= 15 is 0 Å². The second-order valence-corrected chi connectivity index (χ2v) is 11.1. The molecule has 7 heteroatoms. The standard InChI is InChI=1S/C24H27BrN4OS/c25-24-28-21-15-29(14-11-22(21)31-24)13-10-16-6-8-17(9-7-16)27-23(30)19-3-1-5-20-18(19)4-2-12-26-20/h1-5,12,16-17H,6-11,13-15H2,(H,27,30)/t16-,17-. The van der Waals surface area contributed by atoms with Crippen molar-refractivity contribution in [2.24, 2.45) is 5.92 Å². The summed E-state index contributed by atoms with van der Waals surface area (Å²) in [7, 11) is 0. The molecule has 31 heavy (non-hydrogen) atoms. The van der Waals surface area contributed by atoms with E-state index < -0.39 is 0 Å². The number of nitrogens with one attached hydrogen (secondary N) is 1. The molecule has 1 aromatic carbocycles. The van der Waals surface area contributed by atoms with Crippen LogP contribution in [0.2, 0.25) is 0 Å². The van der Waals surface area contributed by atoms with Crippen molar-refractivity contribution in [3.8, 4) is 0 Å². The van der Waals surface area contributed by atoms with Gasteiger partial charge in [-0.2, -0.15) is 0 Å². The lowest BCUT2D eigenvalue weighted by molar-refractivity contribution is 0.0921. The quantitative estimate of drug-likeness (QED) is 0.525. The largest absolute Gasteiger partial charge is 0.349 e. The van der Waals surface area contributed by atoms with Gasteiger partial charge in [0.15, 0.2) is 3.92 Å². The number of hydrogen-bond acceptors (Lipinski definition) is 5. The molecule has 2 aliphatic rings. The van der Waals surface area contributed by atoms with E-state index in [1.807, 2.05) is 30.3 Å². The minimum absolute atomic E-state index is 0.0283. The van der Waals surface area contributed by atoms with Crippen molar-refractivity contribution < 1.29 is 4.79 Å². The highest BCUT2D eigenvalue weighted by molar-refractivity contribution is 9.11. The maximum Gasteiger partial charge on any atom is 0.252 e. The van der Waals surface area contributed by atoms with E-state index in [0.717, 1.165) is 65.2 Å². The Hall–Kier alpha value is -1.83. The van der Waals surface area contributed by atoms with Crippen LogP contribution in [0, 0.1) is 5.92 Å². The number of amides is 1. The van der Waals surface area contributed by atoms with Crippen LogP contribution < -0.4 is 5.32 Å². The molecule has 1 N–H and O–H groups in total. The van der Waals surface area contributed by atoms with Gasteiger partial charge in [-0.05, 0) is 85.1 Å². The highest BCUT2D eigenvalue weighted by Crippen LogP contribution is 2.30. The van der Waals surface area contributed by atoms with Crippen LogP contribution in [0.15, 0.2) is 40.4 Å². The van der Waals surface area contributed by atoms with Gasteiger partial charge in [0.1, 0.15) is 0 Å². The van der Waals surface area contributed by atoms with Gasteiger partial charge < -0.3 is 5.32 Å². The molecule has 0 bridgehead atoms. The van der Waals surface area contributed by atoms with Gasteiger partial charge in [0, 0.05) is 41.2 Å². The predicted molar refractivity (Wildman–Crippen MR) is 128 cm³/mol. The van der Waals surface area contributed by atoms with E-state index in [4.69, 9.17) is 0 Å². The molecule has 0 spiro atoms. The monoisotopic (exact) mass is 498 g/mol. The van der Waals surface area contributed by atoms with Crippen molar-refractivity contribution in [2.45, 2.75) is 51.1 Å². The van der Waals surface area contributed by atoms with Crippen LogP contribution in [0.1, 0.15) is 53.0 Å². The number of nitrogens with zero attached hydrogens (tertiary/aromatic N) is 3. The van der Waals surface area contributed by atoms with E-state index in [1.165, 1.54) is 29.8 Å². The Morgan fingerprint density at radius 3 is 2.94 bits per heavy atom. The Labute approximate surface area is 195 Å². The summed E-state index contributed by atoms with van der Waals surface area (Å²) < 4.78 is 1.01. The van der Waals surface area contributed by atoms with Crippen LogP contribution in [0.4, 0.5) is 0 Å². The number of pyridine rings is 1. The number of thiazole rings is 1. The number of carbonyl (C=O) groups is 1. The minimum Gasteiger partial charge on any atom is -0.349 e. The summed E-state index contributed by atoms with van der Waals surface area (Å²) in [5, 5.41) is 4.20. The highest BCUT2D eigenvalue weighted by Gasteiger charge is 2.25. The number of rotatable bonds is 5. The van der Waals surface area contributed by atoms with Crippen molar-refractivity contribution in [3.05, 3.63) is 56.6 Å². The third kappa shape index (κ3) is 4.83. The summed E-state index contributed by atoms with van der Waals surface area (Å²) in [5.74, 6) is 0.791. The maximum absolute atomic E-state index is 12.9. The van der Waals surface area contributed by atoms with Gasteiger partial charge in [-0.25, -0.2) is 4.98 Å².